The summed E-state index contributed by atoms with van der Waals surface area (Å²) in [5.74, 6) is 0.892. The Morgan fingerprint density at radius 2 is 2.12 bits per heavy atom. The minimum atomic E-state index is 0.753. The Morgan fingerprint density at radius 3 is 2.50 bits per heavy atom. The van der Waals surface area contributed by atoms with Crippen LogP contribution in [0, 0.1) is 5.92 Å². The van der Waals surface area contributed by atoms with Gasteiger partial charge in [-0.05, 0) is 32.2 Å². The molecule has 1 saturated heterocycles. The van der Waals surface area contributed by atoms with Crippen LogP contribution >= 0.6 is 0 Å². The van der Waals surface area contributed by atoms with E-state index in [1.165, 1.54) is 19.4 Å². The molecule has 1 heterocycles. The lowest BCUT2D eigenvalue weighted by Crippen LogP contribution is -2.37. The quantitative estimate of drug-likeness (QED) is 0.500. The number of rotatable bonds is 0. The van der Waals surface area contributed by atoms with E-state index in [2.05, 4.69) is 19.2 Å². The molecule has 0 aromatic heterocycles. The van der Waals surface area contributed by atoms with Gasteiger partial charge in [0.25, 0.3) is 0 Å². The minimum Gasteiger partial charge on any atom is -0.314 e. The van der Waals surface area contributed by atoms with Crippen LogP contribution in [0.4, 0.5) is 0 Å². The number of hydrogen-bond acceptors (Lipinski definition) is 1. The Morgan fingerprint density at radius 1 is 1.38 bits per heavy atom. The van der Waals surface area contributed by atoms with Crippen LogP contribution in [0.25, 0.3) is 0 Å². The Bertz CT molecular complexity index is 60.8. The summed E-state index contributed by atoms with van der Waals surface area (Å²) in [6.45, 7) is 5.81. The van der Waals surface area contributed by atoms with Gasteiger partial charge in [-0.1, -0.05) is 6.92 Å². The van der Waals surface area contributed by atoms with Gasteiger partial charge in [0.1, 0.15) is 0 Å². The van der Waals surface area contributed by atoms with Crippen molar-refractivity contribution in [2.75, 3.05) is 6.54 Å². The van der Waals surface area contributed by atoms with E-state index >= 15 is 0 Å². The molecule has 1 aliphatic rings. The molecule has 0 aromatic carbocycles. The van der Waals surface area contributed by atoms with E-state index < -0.39 is 0 Å². The largest absolute Gasteiger partial charge is 0.314 e. The summed E-state index contributed by atoms with van der Waals surface area (Å²) < 4.78 is 0. The van der Waals surface area contributed by atoms with E-state index in [9.17, 15) is 0 Å². The molecule has 0 spiro atoms. The molecule has 0 aromatic rings. The fraction of sp³-hybridized carbons (Fsp3) is 1.00. The summed E-state index contributed by atoms with van der Waals surface area (Å²) >= 11 is 0. The van der Waals surface area contributed by atoms with Gasteiger partial charge in [-0.2, -0.15) is 0 Å². The second kappa shape index (κ2) is 2.49. The smallest absolute Gasteiger partial charge is 0.00643 e. The summed E-state index contributed by atoms with van der Waals surface area (Å²) in [5.41, 5.74) is 0. The Kier molecular flexibility index (Phi) is 1.90. The van der Waals surface area contributed by atoms with Gasteiger partial charge in [-0.15, -0.1) is 0 Å². The van der Waals surface area contributed by atoms with E-state index in [-0.39, 0.29) is 0 Å². The Labute approximate surface area is 51.5 Å². The zero-order valence-electron chi connectivity index (χ0n) is 5.78. The summed E-state index contributed by atoms with van der Waals surface area (Å²) in [7, 11) is 0. The van der Waals surface area contributed by atoms with Crippen molar-refractivity contribution in [1.82, 2.24) is 5.32 Å². The molecule has 0 radical (unpaired) electrons. The third-order valence-corrected chi connectivity index (χ3v) is 2.16. The molecule has 1 N–H and O–H groups in total. The lowest BCUT2D eigenvalue weighted by atomic mass is 9.94. The fourth-order valence-corrected chi connectivity index (χ4v) is 1.20. The van der Waals surface area contributed by atoms with Crippen molar-refractivity contribution >= 4 is 0 Å². The molecule has 0 aliphatic carbocycles. The molecule has 8 heavy (non-hydrogen) atoms. The molecule has 0 bridgehead atoms. The average Bonchev–Trinajstić information content (AvgIpc) is 1.77. The minimum absolute atomic E-state index is 0.753. The van der Waals surface area contributed by atoms with Crippen LogP contribution < -0.4 is 5.32 Å². The third kappa shape index (κ3) is 1.22. The fourth-order valence-electron chi connectivity index (χ4n) is 1.20. The van der Waals surface area contributed by atoms with Crippen molar-refractivity contribution < 1.29 is 0 Å². The van der Waals surface area contributed by atoms with Gasteiger partial charge < -0.3 is 5.32 Å². The predicted molar refractivity (Wildman–Crippen MR) is 35.9 cm³/mol. The zero-order chi connectivity index (χ0) is 5.98. The second-order valence-electron chi connectivity index (χ2n) is 2.86. The molecule has 1 rings (SSSR count). The monoisotopic (exact) mass is 113 g/mol. The average molecular weight is 113 g/mol. The van der Waals surface area contributed by atoms with Crippen LogP contribution in [-0.2, 0) is 0 Å². The molecule has 0 amide bonds. The SMILES string of the molecule is CC1CCCN[C@@H]1C. The highest BCUT2D eigenvalue weighted by molar-refractivity contribution is 4.73. The molecule has 1 heteroatoms. The Balaban J connectivity index is 2.28. The number of nitrogens with one attached hydrogen (secondary N) is 1. The highest BCUT2D eigenvalue weighted by Crippen LogP contribution is 2.13. The standard InChI is InChI=1S/C7H15N/c1-6-4-3-5-8-7(6)2/h6-8H,3-5H2,1-2H3/t6?,7-/m1/s1. The van der Waals surface area contributed by atoms with Gasteiger partial charge in [0, 0.05) is 6.04 Å². The van der Waals surface area contributed by atoms with Crippen molar-refractivity contribution in [3.63, 3.8) is 0 Å². The van der Waals surface area contributed by atoms with E-state index in [0.29, 0.717) is 0 Å². The van der Waals surface area contributed by atoms with Gasteiger partial charge in [-0.25, -0.2) is 0 Å². The molecule has 1 fully saturated rings. The maximum Gasteiger partial charge on any atom is 0.00643 e. The maximum atomic E-state index is 3.43. The van der Waals surface area contributed by atoms with E-state index in [1.54, 1.807) is 0 Å². The molecular weight excluding hydrogens is 98.1 g/mol. The first-order valence-electron chi connectivity index (χ1n) is 3.54. The summed E-state index contributed by atoms with van der Waals surface area (Å²) in [6.07, 6.45) is 2.78. The molecular formula is C7H15N. The van der Waals surface area contributed by atoms with Crippen LogP contribution in [0.1, 0.15) is 26.7 Å². The van der Waals surface area contributed by atoms with Crippen LogP contribution in [-0.4, -0.2) is 12.6 Å². The first-order chi connectivity index (χ1) is 3.80. The number of hydrogen-bond donors (Lipinski definition) is 1. The van der Waals surface area contributed by atoms with E-state index in [1.807, 2.05) is 0 Å². The normalized spacial score (nSPS) is 39.8. The highest BCUT2D eigenvalue weighted by Gasteiger charge is 2.14. The van der Waals surface area contributed by atoms with Gasteiger partial charge in [0.2, 0.25) is 0 Å². The van der Waals surface area contributed by atoms with Crippen molar-refractivity contribution in [3.05, 3.63) is 0 Å². The van der Waals surface area contributed by atoms with Gasteiger partial charge in [-0.3, -0.25) is 0 Å². The zero-order valence-corrected chi connectivity index (χ0v) is 5.78. The van der Waals surface area contributed by atoms with Crippen LogP contribution in [0.5, 0.6) is 0 Å². The van der Waals surface area contributed by atoms with Crippen molar-refractivity contribution in [1.29, 1.82) is 0 Å². The third-order valence-electron chi connectivity index (χ3n) is 2.16. The van der Waals surface area contributed by atoms with Crippen molar-refractivity contribution in [2.24, 2.45) is 5.92 Å². The van der Waals surface area contributed by atoms with Crippen LogP contribution in [0.15, 0.2) is 0 Å². The molecule has 1 unspecified atom stereocenters. The molecule has 48 valence electrons. The first kappa shape index (κ1) is 6.09. The van der Waals surface area contributed by atoms with Crippen molar-refractivity contribution in [3.8, 4) is 0 Å². The van der Waals surface area contributed by atoms with Gasteiger partial charge in [0.05, 0.1) is 0 Å². The van der Waals surface area contributed by atoms with Crippen molar-refractivity contribution in [2.45, 2.75) is 32.7 Å². The maximum absolute atomic E-state index is 3.43. The van der Waals surface area contributed by atoms with Crippen LogP contribution in [0.3, 0.4) is 0 Å². The summed E-state index contributed by atoms with van der Waals surface area (Å²) in [6, 6.07) is 0.753. The molecule has 0 saturated carbocycles. The lowest BCUT2D eigenvalue weighted by Gasteiger charge is -2.26. The molecule has 1 nitrogen and oxygen atoms in total. The van der Waals surface area contributed by atoms with E-state index in [0.717, 1.165) is 12.0 Å². The highest BCUT2D eigenvalue weighted by atomic mass is 14.9. The van der Waals surface area contributed by atoms with Crippen LogP contribution in [0.2, 0.25) is 0 Å². The molecule has 2 atom stereocenters. The lowest BCUT2D eigenvalue weighted by molar-refractivity contribution is 0.319. The van der Waals surface area contributed by atoms with Gasteiger partial charge in [0.15, 0.2) is 0 Å². The Hall–Kier alpha value is -0.0400. The molecule has 1 aliphatic heterocycles. The topological polar surface area (TPSA) is 12.0 Å². The number of piperidine rings is 1. The second-order valence-corrected chi connectivity index (χ2v) is 2.86. The summed E-state index contributed by atoms with van der Waals surface area (Å²) in [5, 5.41) is 3.43. The first-order valence-corrected chi connectivity index (χ1v) is 3.54. The summed E-state index contributed by atoms with van der Waals surface area (Å²) in [4.78, 5) is 0. The van der Waals surface area contributed by atoms with Gasteiger partial charge >= 0.3 is 0 Å². The predicted octanol–water partition coefficient (Wildman–Crippen LogP) is 1.39. The van der Waals surface area contributed by atoms with E-state index in [4.69, 9.17) is 0 Å².